The monoisotopic (exact) mass is 441 g/mol. The lowest BCUT2D eigenvalue weighted by Gasteiger charge is -2.23. The maximum absolute atomic E-state index is 13.7. The third-order valence-electron chi connectivity index (χ3n) is 5.27. The lowest BCUT2D eigenvalue weighted by Crippen LogP contribution is -2.27. The fraction of sp³-hybridized carbons (Fsp3) is 0.240. The van der Waals surface area contributed by atoms with Crippen LogP contribution in [0.15, 0.2) is 83.9 Å². The summed E-state index contributed by atoms with van der Waals surface area (Å²) in [5.41, 5.74) is -0.0282. The summed E-state index contributed by atoms with van der Waals surface area (Å²) in [7, 11) is -1.24. The molecule has 1 heterocycles. The number of nitrogens with zero attached hydrogens (tertiary/aromatic N) is 1. The molecule has 0 spiro atoms. The minimum atomic E-state index is -4.43. The van der Waals surface area contributed by atoms with Gasteiger partial charge >= 0.3 is 6.18 Å². The Morgan fingerprint density at radius 2 is 1.48 bits per heavy atom. The predicted octanol–water partition coefficient (Wildman–Crippen LogP) is 5.27. The van der Waals surface area contributed by atoms with Crippen LogP contribution < -0.4 is 15.9 Å². The minimum absolute atomic E-state index is 0.00446. The highest BCUT2D eigenvalue weighted by molar-refractivity contribution is 7.80. The molecule has 4 rings (SSSR count). The van der Waals surface area contributed by atoms with Crippen LogP contribution in [0.4, 0.5) is 13.2 Å². The molecule has 0 bridgehead atoms. The number of benzene rings is 3. The number of hydrogen-bond acceptors (Lipinski definition) is 2. The summed E-state index contributed by atoms with van der Waals surface area (Å²) in [5, 5.41) is 2.55. The highest BCUT2D eigenvalue weighted by Gasteiger charge is 2.34. The van der Waals surface area contributed by atoms with Crippen LogP contribution in [-0.2, 0) is 10.9 Å². The average molecular weight is 441 g/mol. The van der Waals surface area contributed by atoms with E-state index in [1.807, 2.05) is 60.7 Å². The second-order valence-electron chi connectivity index (χ2n) is 7.79. The third kappa shape index (κ3) is 4.67. The minimum Gasteiger partial charge on any atom is -0.475 e. The van der Waals surface area contributed by atoms with Crippen LogP contribution in [0.5, 0.6) is 0 Å². The van der Waals surface area contributed by atoms with Crippen molar-refractivity contribution in [3.8, 4) is 0 Å². The normalized spacial score (nSPS) is 16.5. The van der Waals surface area contributed by atoms with Gasteiger partial charge in [-0.1, -0.05) is 74.5 Å². The predicted molar refractivity (Wildman–Crippen MR) is 121 cm³/mol. The Morgan fingerprint density at radius 3 is 1.97 bits per heavy atom. The van der Waals surface area contributed by atoms with E-state index in [0.717, 1.165) is 16.7 Å². The molecule has 1 aliphatic rings. The van der Waals surface area contributed by atoms with E-state index in [1.165, 1.54) is 12.1 Å². The van der Waals surface area contributed by atoms with Gasteiger partial charge in [-0.2, -0.15) is 13.2 Å². The quantitative estimate of drug-likeness (QED) is 0.495. The highest BCUT2D eigenvalue weighted by Crippen LogP contribution is 2.38. The van der Waals surface area contributed by atoms with Crippen molar-refractivity contribution in [2.24, 2.45) is 10.9 Å². The van der Waals surface area contributed by atoms with E-state index >= 15 is 0 Å². The summed E-state index contributed by atoms with van der Waals surface area (Å²) >= 11 is 0. The SMILES string of the molecule is CC(C)[C@H]1COC(c2ccc(C(F)(F)F)cc2P(c2ccccc2)c2ccccc2)=N1. The van der Waals surface area contributed by atoms with Gasteiger partial charge in [-0.15, -0.1) is 0 Å². The third-order valence-corrected chi connectivity index (χ3v) is 7.75. The molecule has 1 atom stereocenters. The van der Waals surface area contributed by atoms with Crippen molar-refractivity contribution in [3.05, 3.63) is 90.0 Å². The molecule has 31 heavy (non-hydrogen) atoms. The molecule has 2 nitrogen and oxygen atoms in total. The van der Waals surface area contributed by atoms with Gasteiger partial charge in [0, 0.05) is 5.56 Å². The molecule has 0 saturated carbocycles. The van der Waals surface area contributed by atoms with Gasteiger partial charge in [-0.05, 0) is 48.0 Å². The molecule has 6 heteroatoms. The first-order chi connectivity index (χ1) is 14.8. The van der Waals surface area contributed by atoms with Crippen molar-refractivity contribution >= 4 is 29.7 Å². The summed E-state index contributed by atoms with van der Waals surface area (Å²) in [6.07, 6.45) is -4.43. The zero-order chi connectivity index (χ0) is 22.0. The molecule has 0 aliphatic carbocycles. The fourth-order valence-corrected chi connectivity index (χ4v) is 6.01. The molecule has 0 unspecified atom stereocenters. The molecule has 3 aromatic carbocycles. The number of rotatable bonds is 5. The van der Waals surface area contributed by atoms with Gasteiger partial charge < -0.3 is 4.74 Å². The molecule has 0 fully saturated rings. The second kappa shape index (κ2) is 8.84. The van der Waals surface area contributed by atoms with Crippen LogP contribution in [0.25, 0.3) is 0 Å². The molecule has 1 aliphatic heterocycles. The van der Waals surface area contributed by atoms with Gasteiger partial charge in [0.15, 0.2) is 0 Å². The zero-order valence-electron chi connectivity index (χ0n) is 17.3. The van der Waals surface area contributed by atoms with Gasteiger partial charge in [-0.3, -0.25) is 0 Å². The van der Waals surface area contributed by atoms with Crippen molar-refractivity contribution in [1.82, 2.24) is 0 Å². The van der Waals surface area contributed by atoms with E-state index in [9.17, 15) is 13.2 Å². The van der Waals surface area contributed by atoms with Crippen LogP contribution in [0, 0.1) is 5.92 Å². The first-order valence-corrected chi connectivity index (χ1v) is 11.5. The van der Waals surface area contributed by atoms with Gasteiger partial charge in [0.05, 0.1) is 11.6 Å². The highest BCUT2D eigenvalue weighted by atomic mass is 31.1. The Labute approximate surface area is 181 Å². The van der Waals surface area contributed by atoms with E-state index in [4.69, 9.17) is 9.73 Å². The van der Waals surface area contributed by atoms with E-state index in [0.29, 0.717) is 29.3 Å². The van der Waals surface area contributed by atoms with Gasteiger partial charge in [0.2, 0.25) is 5.90 Å². The lowest BCUT2D eigenvalue weighted by atomic mass is 10.1. The van der Waals surface area contributed by atoms with E-state index in [1.54, 1.807) is 0 Å². The summed E-state index contributed by atoms with van der Waals surface area (Å²) in [6.45, 7) is 4.58. The Hall–Kier alpha value is -2.65. The Bertz CT molecular complexity index is 1030. The molecule has 0 radical (unpaired) electrons. The van der Waals surface area contributed by atoms with Crippen LogP contribution in [0.1, 0.15) is 25.0 Å². The number of halogens is 3. The Balaban J connectivity index is 1.94. The van der Waals surface area contributed by atoms with Crippen molar-refractivity contribution in [2.75, 3.05) is 6.61 Å². The van der Waals surface area contributed by atoms with Crippen molar-refractivity contribution in [3.63, 3.8) is 0 Å². The van der Waals surface area contributed by atoms with Crippen LogP contribution in [0.3, 0.4) is 0 Å². The van der Waals surface area contributed by atoms with Crippen molar-refractivity contribution in [1.29, 1.82) is 0 Å². The zero-order valence-corrected chi connectivity index (χ0v) is 18.2. The maximum Gasteiger partial charge on any atom is 0.416 e. The van der Waals surface area contributed by atoms with Crippen LogP contribution in [-0.4, -0.2) is 18.5 Å². The molecule has 0 amide bonds. The first-order valence-electron chi connectivity index (χ1n) is 10.2. The molecular weight excluding hydrogens is 418 g/mol. The fourth-order valence-electron chi connectivity index (χ4n) is 3.53. The number of ether oxygens (including phenoxy) is 1. The molecule has 160 valence electrons. The maximum atomic E-state index is 13.7. The van der Waals surface area contributed by atoms with E-state index < -0.39 is 19.7 Å². The summed E-state index contributed by atoms with van der Waals surface area (Å²) in [6, 6.07) is 23.3. The van der Waals surface area contributed by atoms with Crippen LogP contribution in [0.2, 0.25) is 0 Å². The van der Waals surface area contributed by atoms with E-state index in [-0.39, 0.29) is 6.04 Å². The Kier molecular flexibility index (Phi) is 6.15. The number of alkyl halides is 3. The molecule has 0 aromatic heterocycles. The average Bonchev–Trinajstić information content (AvgIpc) is 3.25. The molecular formula is C25H23F3NOP. The topological polar surface area (TPSA) is 21.6 Å². The van der Waals surface area contributed by atoms with Gasteiger partial charge in [0.25, 0.3) is 0 Å². The number of aliphatic imine (C=N–C) groups is 1. The first kappa shape index (κ1) is 21.6. The largest absolute Gasteiger partial charge is 0.475 e. The second-order valence-corrected chi connectivity index (χ2v) is 9.98. The smallest absolute Gasteiger partial charge is 0.416 e. The van der Waals surface area contributed by atoms with Crippen molar-refractivity contribution in [2.45, 2.75) is 26.1 Å². The summed E-state index contributed by atoms with van der Waals surface area (Å²) in [5.74, 6) is 0.724. The van der Waals surface area contributed by atoms with Crippen LogP contribution >= 0.6 is 7.92 Å². The Morgan fingerprint density at radius 1 is 0.903 bits per heavy atom. The van der Waals surface area contributed by atoms with Gasteiger partial charge in [-0.25, -0.2) is 4.99 Å². The molecule has 0 N–H and O–H groups in total. The molecule has 0 saturated heterocycles. The van der Waals surface area contributed by atoms with E-state index in [2.05, 4.69) is 13.8 Å². The van der Waals surface area contributed by atoms with Crippen molar-refractivity contribution < 1.29 is 17.9 Å². The molecule has 3 aromatic rings. The van der Waals surface area contributed by atoms with Gasteiger partial charge in [0.1, 0.15) is 6.61 Å². The summed E-state index contributed by atoms with van der Waals surface area (Å²) < 4.78 is 46.9. The standard InChI is InChI=1S/C25H23F3NOP/c1-17(2)22-16-30-24(29-22)21-14-13-18(25(26,27)28)15-23(21)31(19-9-5-3-6-10-19)20-11-7-4-8-12-20/h3-15,17,22H,16H2,1-2H3/t22-/m1/s1. The summed E-state index contributed by atoms with van der Waals surface area (Å²) in [4.78, 5) is 4.70. The number of hydrogen-bond donors (Lipinski definition) is 0. The lowest BCUT2D eigenvalue weighted by molar-refractivity contribution is -0.137.